The van der Waals surface area contributed by atoms with Crippen molar-refractivity contribution < 1.29 is 35.5 Å². The van der Waals surface area contributed by atoms with E-state index >= 15 is 0 Å². The molecular weight excluding hydrogens is 209 g/mol. The van der Waals surface area contributed by atoms with Gasteiger partial charge in [0, 0.05) is 0 Å². The van der Waals surface area contributed by atoms with E-state index in [1.54, 1.807) is 0 Å². The molecule has 78 valence electrons. The van der Waals surface area contributed by atoms with Crippen molar-refractivity contribution in [2.45, 2.75) is 24.9 Å². The third-order valence-electron chi connectivity index (χ3n) is 1.00. The fraction of sp³-hybridized carbons (Fsp3) is 0.800. The molecule has 0 unspecified atom stereocenters. The van der Waals surface area contributed by atoms with Gasteiger partial charge in [0.2, 0.25) is 6.43 Å². The lowest BCUT2D eigenvalue weighted by molar-refractivity contribution is -0.199. The topological polar surface area (TPSA) is 17.1 Å². The first-order chi connectivity index (χ1) is 5.57. The van der Waals surface area contributed by atoms with Crippen LogP contribution in [0, 0.1) is 0 Å². The van der Waals surface area contributed by atoms with E-state index in [0.29, 0.717) is 0 Å². The van der Waals surface area contributed by atoms with Crippen LogP contribution in [0.1, 0.15) is 6.42 Å². The van der Waals surface area contributed by atoms with Gasteiger partial charge in [-0.3, -0.25) is 4.79 Å². The molecule has 0 aliphatic rings. The Labute approximate surface area is 67.5 Å². The Bertz CT molecular complexity index is 194. The Balaban J connectivity index is 4.55. The van der Waals surface area contributed by atoms with E-state index in [9.17, 15) is 35.5 Å². The SMILES string of the molecule is O=C(C(F)(F)F)C(F)(F)CC(F)F. The van der Waals surface area contributed by atoms with Gasteiger partial charge in [0.1, 0.15) is 0 Å². The monoisotopic (exact) mass is 212 g/mol. The Morgan fingerprint density at radius 1 is 1.08 bits per heavy atom. The molecule has 0 saturated heterocycles. The lowest BCUT2D eigenvalue weighted by Crippen LogP contribution is -2.41. The summed E-state index contributed by atoms with van der Waals surface area (Å²) in [7, 11) is 0. The molecule has 0 spiro atoms. The highest BCUT2D eigenvalue weighted by molar-refractivity contribution is 5.90. The number of hydrogen-bond donors (Lipinski definition) is 0. The molecule has 0 aromatic rings. The van der Waals surface area contributed by atoms with Gasteiger partial charge in [-0.1, -0.05) is 0 Å². The number of halogens is 7. The molecule has 8 heteroatoms. The molecule has 0 rings (SSSR count). The molecule has 0 saturated carbocycles. The lowest BCUT2D eigenvalue weighted by atomic mass is 10.1. The maximum atomic E-state index is 12.0. The van der Waals surface area contributed by atoms with Crippen LogP contribution >= 0.6 is 0 Å². The number of rotatable bonds is 3. The number of carbonyl (C=O) groups excluding carboxylic acids is 1. The highest BCUT2D eigenvalue weighted by atomic mass is 19.4. The van der Waals surface area contributed by atoms with E-state index in [4.69, 9.17) is 0 Å². The van der Waals surface area contributed by atoms with Crippen molar-refractivity contribution in [3.8, 4) is 0 Å². The van der Waals surface area contributed by atoms with Gasteiger partial charge in [-0.15, -0.1) is 0 Å². The van der Waals surface area contributed by atoms with Crippen LogP contribution in [0.4, 0.5) is 30.7 Å². The van der Waals surface area contributed by atoms with Crippen LogP contribution in [0.15, 0.2) is 0 Å². The zero-order valence-corrected chi connectivity index (χ0v) is 5.84. The van der Waals surface area contributed by atoms with E-state index in [-0.39, 0.29) is 0 Å². The average molecular weight is 212 g/mol. The first-order valence-corrected chi connectivity index (χ1v) is 2.85. The Morgan fingerprint density at radius 3 is 1.69 bits per heavy atom. The van der Waals surface area contributed by atoms with E-state index in [0.717, 1.165) is 0 Å². The van der Waals surface area contributed by atoms with E-state index in [1.165, 1.54) is 0 Å². The molecule has 0 aromatic carbocycles. The van der Waals surface area contributed by atoms with E-state index in [2.05, 4.69) is 0 Å². The summed E-state index contributed by atoms with van der Waals surface area (Å²) in [5, 5.41) is 0. The summed E-state index contributed by atoms with van der Waals surface area (Å²) in [6, 6.07) is 0. The van der Waals surface area contributed by atoms with Crippen molar-refractivity contribution in [3.05, 3.63) is 0 Å². The number of carbonyl (C=O) groups is 1. The first kappa shape index (κ1) is 12.2. The van der Waals surface area contributed by atoms with Crippen LogP contribution in [-0.4, -0.2) is 24.3 Å². The summed E-state index contributed by atoms with van der Waals surface area (Å²) in [4.78, 5) is 9.81. The largest absolute Gasteiger partial charge is 0.456 e. The quantitative estimate of drug-likeness (QED) is 0.656. The molecule has 0 atom stereocenters. The minimum atomic E-state index is -5.79. The van der Waals surface area contributed by atoms with Crippen LogP contribution < -0.4 is 0 Å². The molecule has 0 bridgehead atoms. The Hall–Kier alpha value is -0.820. The second-order valence-corrected chi connectivity index (χ2v) is 2.13. The number of hydrogen-bond acceptors (Lipinski definition) is 1. The summed E-state index contributed by atoms with van der Waals surface area (Å²) in [5.41, 5.74) is 0. The summed E-state index contributed by atoms with van der Waals surface area (Å²) in [5.74, 6) is -8.49. The van der Waals surface area contributed by atoms with Gasteiger partial charge in [0.25, 0.3) is 0 Å². The zero-order valence-electron chi connectivity index (χ0n) is 5.84. The standard InChI is InChI=1S/C5H3F7O/c6-2(7)1-4(8,9)3(13)5(10,11)12/h2H,1H2. The van der Waals surface area contributed by atoms with Gasteiger partial charge in [0.05, 0.1) is 6.42 Å². The summed E-state index contributed by atoms with van der Waals surface area (Å²) in [6.45, 7) is 0. The summed E-state index contributed by atoms with van der Waals surface area (Å²) >= 11 is 0. The normalized spacial score (nSPS) is 13.5. The molecule has 0 aliphatic heterocycles. The smallest absolute Gasteiger partial charge is 0.283 e. The van der Waals surface area contributed by atoms with Crippen LogP contribution in [0.25, 0.3) is 0 Å². The van der Waals surface area contributed by atoms with Gasteiger partial charge in [0.15, 0.2) is 0 Å². The van der Waals surface area contributed by atoms with E-state index < -0.39 is 30.7 Å². The van der Waals surface area contributed by atoms with Crippen LogP contribution in [0.2, 0.25) is 0 Å². The van der Waals surface area contributed by atoms with Crippen molar-refractivity contribution in [1.29, 1.82) is 0 Å². The van der Waals surface area contributed by atoms with Crippen molar-refractivity contribution in [2.24, 2.45) is 0 Å². The third-order valence-corrected chi connectivity index (χ3v) is 1.00. The summed E-state index contributed by atoms with van der Waals surface area (Å²) in [6.07, 6.45) is -11.9. The zero-order chi connectivity index (χ0) is 10.9. The van der Waals surface area contributed by atoms with Crippen LogP contribution in [0.5, 0.6) is 0 Å². The molecule has 0 radical (unpaired) electrons. The molecular formula is C5H3F7O. The van der Waals surface area contributed by atoms with Gasteiger partial charge >= 0.3 is 17.9 Å². The van der Waals surface area contributed by atoms with Crippen molar-refractivity contribution in [2.75, 3.05) is 0 Å². The second kappa shape index (κ2) is 3.51. The molecule has 0 fully saturated rings. The highest BCUT2D eigenvalue weighted by Gasteiger charge is 2.55. The summed E-state index contributed by atoms with van der Waals surface area (Å²) < 4.78 is 80.5. The Morgan fingerprint density at radius 2 is 1.46 bits per heavy atom. The third kappa shape index (κ3) is 3.60. The highest BCUT2D eigenvalue weighted by Crippen LogP contribution is 2.31. The van der Waals surface area contributed by atoms with Crippen molar-refractivity contribution in [1.82, 2.24) is 0 Å². The van der Waals surface area contributed by atoms with Crippen LogP contribution in [0.3, 0.4) is 0 Å². The molecule has 0 amide bonds. The average Bonchev–Trinajstić information content (AvgIpc) is 1.80. The lowest BCUT2D eigenvalue weighted by Gasteiger charge is -2.15. The maximum absolute atomic E-state index is 12.0. The number of ketones is 1. The molecule has 13 heavy (non-hydrogen) atoms. The van der Waals surface area contributed by atoms with Crippen molar-refractivity contribution in [3.63, 3.8) is 0 Å². The van der Waals surface area contributed by atoms with E-state index in [1.807, 2.05) is 0 Å². The second-order valence-electron chi connectivity index (χ2n) is 2.13. The predicted octanol–water partition coefficient (Wildman–Crippen LogP) is 2.41. The predicted molar refractivity (Wildman–Crippen MR) is 26.6 cm³/mol. The van der Waals surface area contributed by atoms with Gasteiger partial charge in [-0.05, 0) is 0 Å². The molecule has 0 heterocycles. The Kier molecular flexibility index (Phi) is 3.28. The molecule has 1 nitrogen and oxygen atoms in total. The fourth-order valence-electron chi connectivity index (χ4n) is 0.494. The minimum Gasteiger partial charge on any atom is -0.283 e. The maximum Gasteiger partial charge on any atom is 0.456 e. The van der Waals surface area contributed by atoms with Gasteiger partial charge in [-0.25, -0.2) is 8.78 Å². The number of Topliss-reactive ketones (excluding diaryl/α,β-unsaturated/α-hetero) is 1. The van der Waals surface area contributed by atoms with Crippen molar-refractivity contribution >= 4 is 5.78 Å². The van der Waals surface area contributed by atoms with Crippen LogP contribution in [-0.2, 0) is 4.79 Å². The molecule has 0 aliphatic carbocycles. The van der Waals surface area contributed by atoms with Gasteiger partial charge < -0.3 is 0 Å². The minimum absolute atomic E-state index is 2.41. The molecule has 0 aromatic heterocycles. The van der Waals surface area contributed by atoms with Gasteiger partial charge in [-0.2, -0.15) is 22.0 Å². The fourth-order valence-corrected chi connectivity index (χ4v) is 0.494. The molecule has 0 N–H and O–H groups in total. The first-order valence-electron chi connectivity index (χ1n) is 2.85. The number of alkyl halides is 7.